The van der Waals surface area contributed by atoms with Gasteiger partial charge in [-0.15, -0.1) is 0 Å². The van der Waals surface area contributed by atoms with Gasteiger partial charge in [-0.1, -0.05) is 29.3 Å². The lowest BCUT2D eigenvalue weighted by Gasteiger charge is -2.23. The van der Waals surface area contributed by atoms with E-state index < -0.39 is 0 Å². The largest absolute Gasteiger partial charge is 0.489 e. The van der Waals surface area contributed by atoms with Gasteiger partial charge in [-0.3, -0.25) is 4.79 Å². The Morgan fingerprint density at radius 1 is 1.32 bits per heavy atom. The van der Waals surface area contributed by atoms with Crippen molar-refractivity contribution in [2.45, 2.75) is 25.3 Å². The van der Waals surface area contributed by atoms with Crippen molar-refractivity contribution in [2.24, 2.45) is 11.3 Å². The van der Waals surface area contributed by atoms with E-state index in [9.17, 15) is 4.79 Å². The van der Waals surface area contributed by atoms with Crippen molar-refractivity contribution in [2.75, 3.05) is 19.7 Å². The molecule has 3 aliphatic rings. The van der Waals surface area contributed by atoms with Crippen molar-refractivity contribution >= 4 is 29.1 Å². The van der Waals surface area contributed by atoms with Crippen molar-refractivity contribution in [3.05, 3.63) is 27.7 Å². The van der Waals surface area contributed by atoms with Gasteiger partial charge in [-0.25, -0.2) is 0 Å². The van der Waals surface area contributed by atoms with Gasteiger partial charge in [0.2, 0.25) is 5.91 Å². The van der Waals surface area contributed by atoms with Crippen LogP contribution >= 0.6 is 23.2 Å². The number of carbonyl (C=O) groups excluding carboxylic acids is 1. The van der Waals surface area contributed by atoms with Crippen LogP contribution in [0.2, 0.25) is 10.0 Å². The first-order valence-corrected chi connectivity index (χ1v) is 8.48. The SMILES string of the molecule is O=C(NC1COc2c1ccc(Cl)c2Cl)C1CC12CCNCC2. The van der Waals surface area contributed by atoms with Crippen LogP contribution in [0.5, 0.6) is 5.75 Å². The minimum atomic E-state index is -0.128. The molecule has 0 bridgehead atoms. The molecule has 2 N–H and O–H groups in total. The number of hydrogen-bond acceptors (Lipinski definition) is 3. The van der Waals surface area contributed by atoms with Gasteiger partial charge in [-0.05, 0) is 43.8 Å². The Balaban J connectivity index is 1.46. The molecule has 2 atom stereocenters. The molecule has 118 valence electrons. The number of amides is 1. The summed E-state index contributed by atoms with van der Waals surface area (Å²) < 4.78 is 5.62. The summed E-state index contributed by atoms with van der Waals surface area (Å²) in [4.78, 5) is 12.6. The highest BCUT2D eigenvalue weighted by atomic mass is 35.5. The highest BCUT2D eigenvalue weighted by Crippen LogP contribution is 2.58. The van der Waals surface area contributed by atoms with Gasteiger partial charge in [-0.2, -0.15) is 0 Å². The first-order valence-electron chi connectivity index (χ1n) is 7.72. The molecule has 0 radical (unpaired) electrons. The average Bonchev–Trinajstić information content (AvgIpc) is 3.05. The number of rotatable bonds is 2. The van der Waals surface area contributed by atoms with Crippen LogP contribution in [-0.4, -0.2) is 25.6 Å². The lowest BCUT2D eigenvalue weighted by molar-refractivity contribution is -0.124. The molecule has 1 amide bonds. The minimum Gasteiger partial charge on any atom is -0.489 e. The summed E-state index contributed by atoms with van der Waals surface area (Å²) in [5.74, 6) is 0.905. The van der Waals surface area contributed by atoms with Crippen LogP contribution in [0.3, 0.4) is 0 Å². The average molecular weight is 341 g/mol. The van der Waals surface area contributed by atoms with Gasteiger partial charge in [0.1, 0.15) is 17.4 Å². The normalized spacial score (nSPS) is 28.1. The Hall–Kier alpha value is -0.970. The molecule has 1 saturated carbocycles. The number of piperidine rings is 1. The van der Waals surface area contributed by atoms with Crippen LogP contribution in [0.1, 0.15) is 30.9 Å². The summed E-state index contributed by atoms with van der Waals surface area (Å²) in [6.07, 6.45) is 3.22. The molecule has 2 unspecified atom stereocenters. The maximum atomic E-state index is 12.6. The van der Waals surface area contributed by atoms with Crippen molar-refractivity contribution in [3.8, 4) is 5.75 Å². The van der Waals surface area contributed by atoms with Crippen LogP contribution in [0, 0.1) is 11.3 Å². The summed E-state index contributed by atoms with van der Waals surface area (Å²) in [6.45, 7) is 2.46. The van der Waals surface area contributed by atoms with E-state index in [4.69, 9.17) is 27.9 Å². The van der Waals surface area contributed by atoms with Gasteiger partial charge < -0.3 is 15.4 Å². The molecule has 2 aliphatic heterocycles. The first-order chi connectivity index (χ1) is 10.6. The zero-order valence-electron chi connectivity index (χ0n) is 12.1. The summed E-state index contributed by atoms with van der Waals surface area (Å²) in [5, 5.41) is 7.39. The van der Waals surface area contributed by atoms with E-state index in [1.165, 1.54) is 0 Å². The summed E-state index contributed by atoms with van der Waals surface area (Å²) >= 11 is 12.2. The van der Waals surface area contributed by atoms with E-state index in [0.717, 1.165) is 37.9 Å². The highest BCUT2D eigenvalue weighted by Gasteiger charge is 2.57. The highest BCUT2D eigenvalue weighted by molar-refractivity contribution is 6.43. The van der Waals surface area contributed by atoms with Gasteiger partial charge in [0.05, 0.1) is 11.1 Å². The van der Waals surface area contributed by atoms with Crippen LogP contribution in [0.25, 0.3) is 0 Å². The van der Waals surface area contributed by atoms with E-state index in [0.29, 0.717) is 22.4 Å². The van der Waals surface area contributed by atoms with Crippen molar-refractivity contribution in [3.63, 3.8) is 0 Å². The number of fused-ring (bicyclic) bond motifs is 1. The number of ether oxygens (including phenoxy) is 1. The van der Waals surface area contributed by atoms with E-state index in [1.807, 2.05) is 6.07 Å². The molecule has 4 rings (SSSR count). The third kappa shape index (κ3) is 2.29. The molecular formula is C16H18Cl2N2O2. The maximum absolute atomic E-state index is 12.6. The van der Waals surface area contributed by atoms with E-state index >= 15 is 0 Å². The van der Waals surface area contributed by atoms with Crippen LogP contribution in [-0.2, 0) is 4.79 Å². The minimum absolute atomic E-state index is 0.128. The Bertz CT molecular complexity index is 629. The van der Waals surface area contributed by atoms with E-state index in [2.05, 4.69) is 10.6 Å². The molecule has 1 saturated heterocycles. The molecular weight excluding hydrogens is 323 g/mol. The number of benzene rings is 1. The van der Waals surface area contributed by atoms with Crippen LogP contribution < -0.4 is 15.4 Å². The molecule has 22 heavy (non-hydrogen) atoms. The molecule has 2 fully saturated rings. The van der Waals surface area contributed by atoms with E-state index in [-0.39, 0.29) is 23.3 Å². The fourth-order valence-corrected chi connectivity index (χ4v) is 4.19. The lowest BCUT2D eigenvalue weighted by atomic mass is 9.91. The number of nitrogens with one attached hydrogen (secondary N) is 2. The van der Waals surface area contributed by atoms with E-state index in [1.54, 1.807) is 6.07 Å². The number of carbonyl (C=O) groups is 1. The molecule has 6 heteroatoms. The fourth-order valence-electron chi connectivity index (χ4n) is 3.81. The molecule has 1 aliphatic carbocycles. The standard InChI is InChI=1S/C16H18Cl2N2O2/c17-11-2-1-9-12(8-22-14(9)13(11)18)20-15(21)10-7-16(10)3-5-19-6-4-16/h1-2,10,12,19H,3-8H2,(H,20,21). The number of halogens is 2. The van der Waals surface area contributed by atoms with Gasteiger partial charge in [0, 0.05) is 11.5 Å². The lowest BCUT2D eigenvalue weighted by Crippen LogP contribution is -2.35. The second-order valence-electron chi connectivity index (χ2n) is 6.52. The zero-order valence-corrected chi connectivity index (χ0v) is 13.6. The predicted octanol–water partition coefficient (Wildman–Crippen LogP) is 2.93. The second kappa shape index (κ2) is 5.29. The zero-order chi connectivity index (χ0) is 15.3. The molecule has 1 aromatic rings. The Morgan fingerprint density at radius 2 is 2.09 bits per heavy atom. The van der Waals surface area contributed by atoms with Crippen molar-refractivity contribution in [1.82, 2.24) is 10.6 Å². The van der Waals surface area contributed by atoms with Crippen molar-refractivity contribution in [1.29, 1.82) is 0 Å². The third-order valence-electron chi connectivity index (χ3n) is 5.27. The molecule has 4 nitrogen and oxygen atoms in total. The molecule has 1 spiro atoms. The summed E-state index contributed by atoms with van der Waals surface area (Å²) in [5.41, 5.74) is 1.16. The van der Waals surface area contributed by atoms with Crippen LogP contribution in [0.15, 0.2) is 12.1 Å². The van der Waals surface area contributed by atoms with Gasteiger partial charge in [0.25, 0.3) is 0 Å². The summed E-state index contributed by atoms with van der Waals surface area (Å²) in [7, 11) is 0. The smallest absolute Gasteiger partial charge is 0.224 e. The maximum Gasteiger partial charge on any atom is 0.224 e. The molecule has 1 aromatic carbocycles. The quantitative estimate of drug-likeness (QED) is 0.870. The Kier molecular flexibility index (Phi) is 3.51. The monoisotopic (exact) mass is 340 g/mol. The Labute approximate surface area is 139 Å². The van der Waals surface area contributed by atoms with Crippen molar-refractivity contribution < 1.29 is 9.53 Å². The molecule has 0 aromatic heterocycles. The Morgan fingerprint density at radius 3 is 2.86 bits per heavy atom. The second-order valence-corrected chi connectivity index (χ2v) is 7.31. The van der Waals surface area contributed by atoms with Gasteiger partial charge in [0.15, 0.2) is 0 Å². The van der Waals surface area contributed by atoms with Crippen LogP contribution in [0.4, 0.5) is 0 Å². The van der Waals surface area contributed by atoms with Gasteiger partial charge >= 0.3 is 0 Å². The topological polar surface area (TPSA) is 50.4 Å². The third-order valence-corrected chi connectivity index (χ3v) is 6.06. The fraction of sp³-hybridized carbons (Fsp3) is 0.562. The molecule has 2 heterocycles. The number of hydrogen-bond donors (Lipinski definition) is 2. The summed E-state index contributed by atoms with van der Waals surface area (Å²) in [6, 6.07) is 3.51. The predicted molar refractivity (Wildman–Crippen MR) is 85.5 cm³/mol. The first kappa shape index (κ1) is 14.6.